The van der Waals surface area contributed by atoms with E-state index in [1.54, 1.807) is 7.11 Å². The monoisotopic (exact) mass is 324 g/mol. The zero-order valence-corrected chi connectivity index (χ0v) is 14.0. The Balaban J connectivity index is 1.77. The van der Waals surface area contributed by atoms with E-state index >= 15 is 0 Å². The van der Waals surface area contributed by atoms with Crippen molar-refractivity contribution >= 4 is 5.91 Å². The number of amides is 1. The molecule has 1 heterocycles. The lowest BCUT2D eigenvalue weighted by Gasteiger charge is -2.21. The first kappa shape index (κ1) is 16.5. The number of benzene rings is 2. The molecule has 2 aromatic rings. The minimum absolute atomic E-state index is 0.0357. The summed E-state index contributed by atoms with van der Waals surface area (Å²) in [7, 11) is 1.67. The van der Waals surface area contributed by atoms with Crippen LogP contribution >= 0.6 is 0 Å². The van der Waals surface area contributed by atoms with E-state index in [1.165, 1.54) is 0 Å². The first-order valence-electron chi connectivity index (χ1n) is 8.45. The van der Waals surface area contributed by atoms with Crippen LogP contribution in [0.2, 0.25) is 0 Å². The molecule has 4 nitrogen and oxygen atoms in total. The van der Waals surface area contributed by atoms with E-state index < -0.39 is 0 Å². The van der Waals surface area contributed by atoms with Gasteiger partial charge in [-0.1, -0.05) is 42.5 Å². The summed E-state index contributed by atoms with van der Waals surface area (Å²) in [5.74, 6) is 1.05. The maximum Gasteiger partial charge on any atom is 0.224 e. The summed E-state index contributed by atoms with van der Waals surface area (Å²) in [6, 6.07) is 18.1. The molecule has 2 atom stereocenters. The number of ether oxygens (including phenoxy) is 1. The van der Waals surface area contributed by atoms with Gasteiger partial charge < -0.3 is 15.4 Å². The molecule has 1 amide bonds. The standard InChI is InChI=1S/C20H24N2O2/c1-24-18-9-5-6-15(12-18)13-19(16-7-3-2-4-8-16)22-20(23)17-10-11-21-14-17/h2-9,12,17,19,21H,10-11,13-14H2,1H3,(H,22,23)/t17-,19+/m1/s1. The number of carbonyl (C=O) groups is 1. The Kier molecular flexibility index (Phi) is 5.49. The quantitative estimate of drug-likeness (QED) is 0.859. The van der Waals surface area contributed by atoms with Crippen molar-refractivity contribution in [2.45, 2.75) is 18.9 Å². The largest absolute Gasteiger partial charge is 0.497 e. The first-order valence-corrected chi connectivity index (χ1v) is 8.45. The van der Waals surface area contributed by atoms with Crippen LogP contribution < -0.4 is 15.4 Å². The van der Waals surface area contributed by atoms with Gasteiger partial charge in [-0.2, -0.15) is 0 Å². The minimum Gasteiger partial charge on any atom is -0.497 e. The van der Waals surface area contributed by atoms with Crippen molar-refractivity contribution in [3.8, 4) is 5.75 Å². The number of methoxy groups -OCH3 is 1. The summed E-state index contributed by atoms with van der Waals surface area (Å²) >= 11 is 0. The molecule has 1 aliphatic heterocycles. The van der Waals surface area contributed by atoms with Gasteiger partial charge in [0.1, 0.15) is 5.75 Å². The molecule has 0 unspecified atom stereocenters. The smallest absolute Gasteiger partial charge is 0.224 e. The Bertz CT molecular complexity index is 666. The van der Waals surface area contributed by atoms with E-state index in [0.717, 1.165) is 42.8 Å². The van der Waals surface area contributed by atoms with Gasteiger partial charge in [-0.15, -0.1) is 0 Å². The summed E-state index contributed by atoms with van der Waals surface area (Å²) < 4.78 is 5.31. The Labute approximate surface area is 143 Å². The normalized spacial score (nSPS) is 18.1. The average molecular weight is 324 g/mol. The lowest BCUT2D eigenvalue weighted by molar-refractivity contribution is -0.125. The first-order chi connectivity index (χ1) is 11.8. The molecule has 1 aliphatic rings. The van der Waals surface area contributed by atoms with E-state index in [-0.39, 0.29) is 17.9 Å². The number of hydrogen-bond acceptors (Lipinski definition) is 3. The fraction of sp³-hybridized carbons (Fsp3) is 0.350. The Hall–Kier alpha value is -2.33. The van der Waals surface area contributed by atoms with Crippen LogP contribution in [0, 0.1) is 5.92 Å². The summed E-state index contributed by atoms with van der Waals surface area (Å²) in [6.45, 7) is 1.69. The molecule has 2 aromatic carbocycles. The molecule has 0 bridgehead atoms. The Morgan fingerprint density at radius 3 is 2.79 bits per heavy atom. The van der Waals surface area contributed by atoms with Gasteiger partial charge in [0, 0.05) is 6.54 Å². The molecule has 126 valence electrons. The van der Waals surface area contributed by atoms with Crippen molar-refractivity contribution in [3.63, 3.8) is 0 Å². The van der Waals surface area contributed by atoms with Crippen molar-refractivity contribution in [3.05, 3.63) is 65.7 Å². The molecular weight excluding hydrogens is 300 g/mol. The maximum absolute atomic E-state index is 12.6. The fourth-order valence-corrected chi connectivity index (χ4v) is 3.14. The third-order valence-electron chi connectivity index (χ3n) is 4.52. The predicted molar refractivity (Wildman–Crippen MR) is 95.0 cm³/mol. The molecule has 1 saturated heterocycles. The lowest BCUT2D eigenvalue weighted by Crippen LogP contribution is -2.35. The summed E-state index contributed by atoms with van der Waals surface area (Å²) in [4.78, 5) is 12.6. The van der Waals surface area contributed by atoms with Gasteiger partial charge >= 0.3 is 0 Å². The molecule has 0 saturated carbocycles. The second-order valence-electron chi connectivity index (χ2n) is 6.22. The van der Waals surface area contributed by atoms with Crippen molar-refractivity contribution in [1.82, 2.24) is 10.6 Å². The van der Waals surface area contributed by atoms with Crippen molar-refractivity contribution in [2.24, 2.45) is 5.92 Å². The highest BCUT2D eigenvalue weighted by atomic mass is 16.5. The maximum atomic E-state index is 12.6. The van der Waals surface area contributed by atoms with Gasteiger partial charge in [0.15, 0.2) is 0 Å². The van der Waals surface area contributed by atoms with Gasteiger partial charge in [-0.25, -0.2) is 0 Å². The average Bonchev–Trinajstić information content (AvgIpc) is 3.17. The number of carbonyl (C=O) groups excluding carboxylic acids is 1. The number of hydrogen-bond donors (Lipinski definition) is 2. The van der Waals surface area contributed by atoms with E-state index in [0.29, 0.717) is 0 Å². The van der Waals surface area contributed by atoms with E-state index in [9.17, 15) is 4.79 Å². The molecular formula is C20H24N2O2. The van der Waals surface area contributed by atoms with Crippen molar-refractivity contribution in [1.29, 1.82) is 0 Å². The highest BCUT2D eigenvalue weighted by molar-refractivity contribution is 5.79. The van der Waals surface area contributed by atoms with E-state index in [4.69, 9.17) is 4.74 Å². The van der Waals surface area contributed by atoms with Gasteiger partial charge in [-0.3, -0.25) is 4.79 Å². The topological polar surface area (TPSA) is 50.4 Å². The summed E-state index contributed by atoms with van der Waals surface area (Å²) in [5.41, 5.74) is 2.27. The Morgan fingerprint density at radius 1 is 1.25 bits per heavy atom. The van der Waals surface area contributed by atoms with Crippen LogP contribution in [0.15, 0.2) is 54.6 Å². The van der Waals surface area contributed by atoms with Crippen LogP contribution in [-0.2, 0) is 11.2 Å². The number of rotatable bonds is 6. The molecule has 0 aromatic heterocycles. The third kappa shape index (κ3) is 4.15. The van der Waals surface area contributed by atoms with Gasteiger partial charge in [-0.05, 0) is 42.6 Å². The van der Waals surface area contributed by atoms with Crippen molar-refractivity contribution in [2.75, 3.05) is 20.2 Å². The lowest BCUT2D eigenvalue weighted by atomic mass is 9.97. The molecule has 4 heteroatoms. The molecule has 2 N–H and O–H groups in total. The number of nitrogens with one attached hydrogen (secondary N) is 2. The van der Waals surface area contributed by atoms with Crippen LogP contribution in [0.1, 0.15) is 23.6 Å². The second-order valence-corrected chi connectivity index (χ2v) is 6.22. The summed E-state index contributed by atoms with van der Waals surface area (Å²) in [6.07, 6.45) is 1.65. The molecule has 3 rings (SSSR count). The van der Waals surface area contributed by atoms with Crippen LogP contribution in [0.5, 0.6) is 5.75 Å². The Morgan fingerprint density at radius 2 is 2.08 bits per heavy atom. The molecule has 24 heavy (non-hydrogen) atoms. The highest BCUT2D eigenvalue weighted by Gasteiger charge is 2.25. The van der Waals surface area contributed by atoms with E-state index in [1.807, 2.05) is 36.4 Å². The molecule has 1 fully saturated rings. The molecule has 0 radical (unpaired) electrons. The van der Waals surface area contributed by atoms with Gasteiger partial charge in [0.25, 0.3) is 0 Å². The van der Waals surface area contributed by atoms with E-state index in [2.05, 4.69) is 28.8 Å². The summed E-state index contributed by atoms with van der Waals surface area (Å²) in [5, 5.41) is 6.50. The van der Waals surface area contributed by atoms with Crippen LogP contribution in [0.3, 0.4) is 0 Å². The van der Waals surface area contributed by atoms with Crippen LogP contribution in [-0.4, -0.2) is 26.1 Å². The predicted octanol–water partition coefficient (Wildman–Crippen LogP) is 2.70. The van der Waals surface area contributed by atoms with Crippen molar-refractivity contribution < 1.29 is 9.53 Å². The SMILES string of the molecule is COc1cccc(C[C@H](NC(=O)[C@@H]2CCNC2)c2ccccc2)c1. The van der Waals surface area contributed by atoms with Crippen LogP contribution in [0.25, 0.3) is 0 Å². The van der Waals surface area contributed by atoms with Crippen LogP contribution in [0.4, 0.5) is 0 Å². The van der Waals surface area contributed by atoms with Gasteiger partial charge in [0.2, 0.25) is 5.91 Å². The molecule has 0 aliphatic carbocycles. The molecule has 0 spiro atoms. The fourth-order valence-electron chi connectivity index (χ4n) is 3.14. The highest BCUT2D eigenvalue weighted by Crippen LogP contribution is 2.22. The third-order valence-corrected chi connectivity index (χ3v) is 4.52. The zero-order chi connectivity index (χ0) is 16.8. The van der Waals surface area contributed by atoms with Gasteiger partial charge in [0.05, 0.1) is 19.1 Å². The zero-order valence-electron chi connectivity index (χ0n) is 14.0. The second kappa shape index (κ2) is 7.97. The minimum atomic E-state index is -0.0357.